The van der Waals surface area contributed by atoms with Gasteiger partial charge >= 0.3 is 0 Å². The van der Waals surface area contributed by atoms with Gasteiger partial charge in [-0.15, -0.1) is 0 Å². The molecule has 47 heavy (non-hydrogen) atoms. The van der Waals surface area contributed by atoms with Crippen molar-refractivity contribution in [1.29, 1.82) is 0 Å². The summed E-state index contributed by atoms with van der Waals surface area (Å²) in [5.74, 6) is -1.66. The van der Waals surface area contributed by atoms with E-state index in [0.29, 0.717) is 22.5 Å². The van der Waals surface area contributed by atoms with Crippen molar-refractivity contribution in [1.82, 2.24) is 19.4 Å². The highest BCUT2D eigenvalue weighted by Crippen LogP contribution is 2.46. The molecule has 0 radical (unpaired) electrons. The standard InChI is InChI=1S/C33H31Cl3FN7O3/c1-7-22(45)42-13-21-32(46)41(6)30-29(43(21)12-16(42)5)17-10-20(36)27(23-24(37)18(34)11-19(35)25(23)38)40-31(17)44(33(30)47)28-15(4)8-9-39-26(28)14(2)3/h7-11,14,16,21H,1,12-13,38H2,2-6H3. The molecule has 0 aliphatic carbocycles. The maximum Gasteiger partial charge on any atom is 0.283 e. The van der Waals surface area contributed by atoms with Crippen molar-refractivity contribution in [3.8, 4) is 16.9 Å². The number of fused-ring (bicyclic) bond motifs is 5. The summed E-state index contributed by atoms with van der Waals surface area (Å²) in [5, 5.41) is 0.138. The van der Waals surface area contributed by atoms with Gasteiger partial charge in [0.05, 0.1) is 55.6 Å². The van der Waals surface area contributed by atoms with E-state index in [4.69, 9.17) is 45.5 Å². The molecule has 6 rings (SSSR count). The predicted molar refractivity (Wildman–Crippen MR) is 185 cm³/mol. The van der Waals surface area contributed by atoms with Gasteiger partial charge in [-0.3, -0.25) is 23.9 Å². The molecule has 2 N–H and O–H groups in total. The number of likely N-dealkylation sites (N-methyl/N-ethyl adjacent to an activating group) is 1. The summed E-state index contributed by atoms with van der Waals surface area (Å²) < 4.78 is 17.1. The van der Waals surface area contributed by atoms with Crippen LogP contribution < -0.4 is 21.1 Å². The summed E-state index contributed by atoms with van der Waals surface area (Å²) in [6, 6.07) is 3.39. The number of aryl methyl sites for hydroxylation is 1. The number of benzene rings is 1. The molecule has 2 atom stereocenters. The van der Waals surface area contributed by atoms with Crippen LogP contribution in [-0.2, 0) is 9.59 Å². The van der Waals surface area contributed by atoms with Gasteiger partial charge in [0.2, 0.25) is 5.91 Å². The zero-order valence-electron chi connectivity index (χ0n) is 26.2. The lowest BCUT2D eigenvalue weighted by atomic mass is 9.98. The molecule has 2 amide bonds. The van der Waals surface area contributed by atoms with Crippen LogP contribution >= 0.6 is 34.8 Å². The summed E-state index contributed by atoms with van der Waals surface area (Å²) in [5.41, 5.74) is 7.73. The zero-order chi connectivity index (χ0) is 34.2. The van der Waals surface area contributed by atoms with Gasteiger partial charge < -0.3 is 20.4 Å². The second-order valence-electron chi connectivity index (χ2n) is 12.1. The number of nitrogen functional groups attached to an aromatic ring is 1. The number of amides is 2. The quantitative estimate of drug-likeness (QED) is 0.155. The molecule has 0 spiro atoms. The summed E-state index contributed by atoms with van der Waals surface area (Å²) in [6.07, 6.45) is 2.87. The zero-order valence-corrected chi connectivity index (χ0v) is 28.5. The molecule has 0 bridgehead atoms. The van der Waals surface area contributed by atoms with E-state index in [1.807, 2.05) is 32.6 Å². The topological polar surface area (TPSA) is 118 Å². The lowest BCUT2D eigenvalue weighted by molar-refractivity contribution is -0.130. The first-order valence-corrected chi connectivity index (χ1v) is 16.0. The van der Waals surface area contributed by atoms with E-state index >= 15 is 4.39 Å². The van der Waals surface area contributed by atoms with Gasteiger partial charge in [-0.1, -0.05) is 55.2 Å². The van der Waals surface area contributed by atoms with Gasteiger partial charge in [0.1, 0.15) is 11.7 Å². The third-order valence-corrected chi connectivity index (χ3v) is 9.73. The highest BCUT2D eigenvalue weighted by Gasteiger charge is 2.46. The molecule has 1 aromatic carbocycles. The molecule has 2 unspecified atom stereocenters. The van der Waals surface area contributed by atoms with Crippen molar-refractivity contribution in [3.05, 3.63) is 79.5 Å². The van der Waals surface area contributed by atoms with E-state index in [1.165, 1.54) is 28.7 Å². The summed E-state index contributed by atoms with van der Waals surface area (Å²) in [6.45, 7) is 11.5. The fraction of sp³-hybridized carbons (Fsp3) is 0.303. The van der Waals surface area contributed by atoms with Crippen LogP contribution in [0, 0.1) is 12.7 Å². The minimum atomic E-state index is -0.878. The maximum atomic E-state index is 15.7. The number of pyridine rings is 3. The molecule has 4 aromatic rings. The van der Waals surface area contributed by atoms with Crippen LogP contribution in [0.4, 0.5) is 21.5 Å². The van der Waals surface area contributed by atoms with Crippen LogP contribution in [0.15, 0.2) is 41.8 Å². The Labute approximate surface area is 285 Å². The fourth-order valence-electron chi connectivity index (χ4n) is 6.55. The summed E-state index contributed by atoms with van der Waals surface area (Å²) in [4.78, 5) is 55.7. The molecule has 2 aliphatic heterocycles. The predicted octanol–water partition coefficient (Wildman–Crippen LogP) is 6.13. The molecule has 244 valence electrons. The summed E-state index contributed by atoms with van der Waals surface area (Å²) in [7, 11) is 1.53. The number of rotatable bonds is 4. The van der Waals surface area contributed by atoms with Crippen LogP contribution in [-0.4, -0.2) is 63.5 Å². The number of aromatic nitrogens is 3. The van der Waals surface area contributed by atoms with Crippen LogP contribution in [0.1, 0.15) is 37.9 Å². The smallest absolute Gasteiger partial charge is 0.283 e. The molecule has 3 aromatic heterocycles. The molecule has 1 fully saturated rings. The van der Waals surface area contributed by atoms with Crippen molar-refractivity contribution < 1.29 is 14.0 Å². The van der Waals surface area contributed by atoms with Crippen molar-refractivity contribution >= 4 is 74.7 Å². The first-order valence-electron chi connectivity index (χ1n) is 14.8. The number of nitrogens with zero attached hydrogens (tertiary/aromatic N) is 6. The average Bonchev–Trinajstić information content (AvgIpc) is 3.02. The number of hydrogen-bond acceptors (Lipinski definition) is 7. The summed E-state index contributed by atoms with van der Waals surface area (Å²) >= 11 is 19.4. The van der Waals surface area contributed by atoms with E-state index in [2.05, 4.69) is 11.6 Å². The average molecular weight is 699 g/mol. The highest BCUT2D eigenvalue weighted by atomic mass is 35.5. The van der Waals surface area contributed by atoms with Gasteiger partial charge in [0, 0.05) is 31.2 Å². The van der Waals surface area contributed by atoms with Crippen molar-refractivity contribution in [2.75, 3.05) is 35.7 Å². The first-order chi connectivity index (χ1) is 22.2. The van der Waals surface area contributed by atoms with Gasteiger partial charge in [0.25, 0.3) is 11.5 Å². The van der Waals surface area contributed by atoms with E-state index in [0.717, 1.165) is 5.56 Å². The Balaban J connectivity index is 1.78. The van der Waals surface area contributed by atoms with Crippen molar-refractivity contribution in [2.45, 2.75) is 45.7 Å². The molecular weight excluding hydrogens is 668 g/mol. The molecule has 10 nitrogen and oxygen atoms in total. The Morgan fingerprint density at radius 2 is 1.81 bits per heavy atom. The minimum Gasteiger partial charge on any atom is -0.397 e. The van der Waals surface area contributed by atoms with Gasteiger partial charge in [-0.25, -0.2) is 9.37 Å². The normalized spacial score (nSPS) is 17.7. The van der Waals surface area contributed by atoms with Gasteiger partial charge in [-0.2, -0.15) is 0 Å². The number of carbonyl (C=O) groups is 2. The van der Waals surface area contributed by atoms with Gasteiger partial charge in [0.15, 0.2) is 11.5 Å². The van der Waals surface area contributed by atoms with Gasteiger partial charge in [-0.05, 0) is 49.6 Å². The maximum absolute atomic E-state index is 15.7. The fourth-order valence-corrected chi connectivity index (χ4v) is 7.26. The number of halogens is 4. The Morgan fingerprint density at radius 1 is 1.11 bits per heavy atom. The monoisotopic (exact) mass is 697 g/mol. The van der Waals surface area contributed by atoms with E-state index in [1.54, 1.807) is 23.2 Å². The number of hydrogen-bond donors (Lipinski definition) is 1. The van der Waals surface area contributed by atoms with Crippen molar-refractivity contribution in [2.24, 2.45) is 0 Å². The molecule has 1 saturated heterocycles. The second kappa shape index (κ2) is 11.8. The molecule has 0 saturated carbocycles. The minimum absolute atomic E-state index is 0.00121. The number of carbonyl (C=O) groups excluding carboxylic acids is 2. The number of nitrogens with two attached hydrogens (primary N) is 1. The van der Waals surface area contributed by atoms with E-state index < -0.39 is 17.4 Å². The molecule has 5 heterocycles. The van der Waals surface area contributed by atoms with Crippen LogP contribution in [0.5, 0.6) is 0 Å². The molecule has 14 heteroatoms. The van der Waals surface area contributed by atoms with Crippen LogP contribution in [0.3, 0.4) is 0 Å². The molecular formula is C33H31Cl3FN7O3. The van der Waals surface area contributed by atoms with Crippen LogP contribution in [0.2, 0.25) is 15.1 Å². The SMILES string of the molecule is C=CC(=O)N1CC2C(=O)N(C)c3c(c4cc(Cl)c(-c5c(N)c(Cl)cc(Cl)c5F)nc4n(-c4c(C)ccnc4C(C)C)c3=O)N2CC1C. The van der Waals surface area contributed by atoms with E-state index in [-0.39, 0.29) is 80.2 Å². The highest BCUT2D eigenvalue weighted by molar-refractivity contribution is 6.38. The lowest BCUT2D eigenvalue weighted by Crippen LogP contribution is -2.66. The Hall–Kier alpha value is -4.19. The van der Waals surface area contributed by atoms with Crippen molar-refractivity contribution in [3.63, 3.8) is 0 Å². The largest absolute Gasteiger partial charge is 0.397 e. The third kappa shape index (κ3) is 4.94. The number of anilines is 3. The Bertz CT molecular complexity index is 2070. The lowest BCUT2D eigenvalue weighted by Gasteiger charge is -2.49. The van der Waals surface area contributed by atoms with Crippen LogP contribution in [0.25, 0.3) is 28.0 Å². The second-order valence-corrected chi connectivity index (χ2v) is 13.3. The Kier molecular flexibility index (Phi) is 8.22. The Morgan fingerprint density at radius 3 is 2.47 bits per heavy atom. The molecule has 2 aliphatic rings. The third-order valence-electron chi connectivity index (χ3n) is 8.86. The first kappa shape index (κ1) is 32.7. The van der Waals surface area contributed by atoms with E-state index in [9.17, 15) is 14.4 Å². The number of piperazine rings is 1.